The van der Waals surface area contributed by atoms with E-state index in [1.807, 2.05) is 18.2 Å². The van der Waals surface area contributed by atoms with Gasteiger partial charge in [0.1, 0.15) is 0 Å². The standard InChI is InChI=1S/C9H8BrN3OS/c1-11-8(14)13-9-12-6-3-2-5(10)4-7(6)15-9/h2-4H,1H3,(H2,11,12,13,14). The minimum Gasteiger partial charge on any atom is -0.341 e. The zero-order valence-electron chi connectivity index (χ0n) is 7.87. The number of anilines is 1. The molecule has 1 aromatic heterocycles. The van der Waals surface area contributed by atoms with Gasteiger partial charge in [-0.25, -0.2) is 9.78 Å². The Hall–Kier alpha value is -1.14. The van der Waals surface area contributed by atoms with E-state index in [1.165, 1.54) is 11.3 Å². The number of carbonyl (C=O) groups is 1. The molecular weight excluding hydrogens is 278 g/mol. The lowest BCUT2D eigenvalue weighted by Crippen LogP contribution is -2.24. The van der Waals surface area contributed by atoms with Crippen LogP contribution >= 0.6 is 27.3 Å². The fourth-order valence-corrected chi connectivity index (χ4v) is 2.52. The van der Waals surface area contributed by atoms with Crippen molar-refractivity contribution in [2.75, 3.05) is 12.4 Å². The molecule has 0 saturated carbocycles. The van der Waals surface area contributed by atoms with E-state index < -0.39 is 0 Å². The van der Waals surface area contributed by atoms with Crippen LogP contribution in [0.15, 0.2) is 22.7 Å². The molecule has 6 heteroatoms. The minimum atomic E-state index is -0.256. The molecule has 2 amide bonds. The lowest BCUT2D eigenvalue weighted by atomic mass is 10.3. The Balaban J connectivity index is 2.34. The van der Waals surface area contributed by atoms with Crippen LogP contribution in [0.25, 0.3) is 10.2 Å². The summed E-state index contributed by atoms with van der Waals surface area (Å²) in [6.45, 7) is 0. The van der Waals surface area contributed by atoms with Crippen LogP contribution in [0.4, 0.5) is 9.93 Å². The first-order valence-corrected chi connectivity index (χ1v) is 5.85. The summed E-state index contributed by atoms with van der Waals surface area (Å²) in [7, 11) is 1.57. The van der Waals surface area contributed by atoms with E-state index in [-0.39, 0.29) is 6.03 Å². The molecule has 15 heavy (non-hydrogen) atoms. The second kappa shape index (κ2) is 4.16. The predicted octanol–water partition coefficient (Wildman–Crippen LogP) is 2.81. The number of thiazole rings is 1. The van der Waals surface area contributed by atoms with Gasteiger partial charge >= 0.3 is 6.03 Å². The topological polar surface area (TPSA) is 54.0 Å². The van der Waals surface area contributed by atoms with E-state index in [0.29, 0.717) is 5.13 Å². The normalized spacial score (nSPS) is 10.3. The molecule has 4 nitrogen and oxygen atoms in total. The van der Waals surface area contributed by atoms with Gasteiger partial charge in [-0.15, -0.1) is 0 Å². The molecule has 1 heterocycles. The highest BCUT2D eigenvalue weighted by Gasteiger charge is 2.06. The summed E-state index contributed by atoms with van der Waals surface area (Å²) in [6.07, 6.45) is 0. The zero-order valence-corrected chi connectivity index (χ0v) is 10.3. The molecule has 0 unspecified atom stereocenters. The van der Waals surface area contributed by atoms with Crippen molar-refractivity contribution in [1.82, 2.24) is 10.3 Å². The number of carbonyl (C=O) groups excluding carboxylic acids is 1. The average molecular weight is 286 g/mol. The summed E-state index contributed by atoms with van der Waals surface area (Å²) in [5.41, 5.74) is 0.884. The molecule has 0 atom stereocenters. The second-order valence-corrected chi connectivity index (χ2v) is 4.78. The van der Waals surface area contributed by atoms with Crippen molar-refractivity contribution in [1.29, 1.82) is 0 Å². The maximum absolute atomic E-state index is 11.1. The van der Waals surface area contributed by atoms with Gasteiger partial charge in [-0.3, -0.25) is 5.32 Å². The first-order valence-electron chi connectivity index (χ1n) is 4.24. The van der Waals surface area contributed by atoms with Crippen LogP contribution in [0.2, 0.25) is 0 Å². The van der Waals surface area contributed by atoms with Gasteiger partial charge in [-0.1, -0.05) is 27.3 Å². The molecule has 0 aliphatic carbocycles. The smallest absolute Gasteiger partial charge is 0.320 e. The lowest BCUT2D eigenvalue weighted by molar-refractivity contribution is 0.254. The van der Waals surface area contributed by atoms with Crippen molar-refractivity contribution in [3.8, 4) is 0 Å². The van der Waals surface area contributed by atoms with Gasteiger partial charge in [0.15, 0.2) is 5.13 Å². The van der Waals surface area contributed by atoms with Gasteiger partial charge in [-0.05, 0) is 18.2 Å². The highest BCUT2D eigenvalue weighted by Crippen LogP contribution is 2.28. The number of rotatable bonds is 1. The van der Waals surface area contributed by atoms with Crippen LogP contribution in [0, 0.1) is 0 Å². The summed E-state index contributed by atoms with van der Waals surface area (Å²) >= 11 is 4.83. The maximum atomic E-state index is 11.1. The van der Waals surface area contributed by atoms with E-state index in [1.54, 1.807) is 7.05 Å². The fraction of sp³-hybridized carbons (Fsp3) is 0.111. The van der Waals surface area contributed by atoms with Crippen molar-refractivity contribution in [3.05, 3.63) is 22.7 Å². The molecule has 2 rings (SSSR count). The van der Waals surface area contributed by atoms with E-state index in [4.69, 9.17) is 0 Å². The summed E-state index contributed by atoms with van der Waals surface area (Å²) in [4.78, 5) is 15.3. The van der Waals surface area contributed by atoms with Crippen LogP contribution in [0.3, 0.4) is 0 Å². The van der Waals surface area contributed by atoms with Gasteiger partial charge in [0, 0.05) is 11.5 Å². The van der Waals surface area contributed by atoms with E-state index in [2.05, 4.69) is 31.5 Å². The molecular formula is C9H8BrN3OS. The first-order chi connectivity index (χ1) is 7.19. The van der Waals surface area contributed by atoms with Crippen molar-refractivity contribution < 1.29 is 4.79 Å². The van der Waals surface area contributed by atoms with Gasteiger partial charge < -0.3 is 5.32 Å². The van der Waals surface area contributed by atoms with E-state index in [9.17, 15) is 4.79 Å². The molecule has 0 aliphatic rings. The quantitative estimate of drug-likeness (QED) is 0.847. The Kier molecular flexibility index (Phi) is 2.88. The summed E-state index contributed by atoms with van der Waals surface area (Å²) in [5.74, 6) is 0. The third-order valence-corrected chi connectivity index (χ3v) is 3.22. The molecule has 0 fully saturated rings. The second-order valence-electron chi connectivity index (χ2n) is 2.84. The van der Waals surface area contributed by atoms with Crippen LogP contribution in [0.1, 0.15) is 0 Å². The minimum absolute atomic E-state index is 0.256. The SMILES string of the molecule is CNC(=O)Nc1nc2ccc(Br)cc2s1. The molecule has 0 saturated heterocycles. The Morgan fingerprint density at radius 3 is 3.07 bits per heavy atom. The number of aromatic nitrogens is 1. The van der Waals surface area contributed by atoms with E-state index in [0.717, 1.165) is 14.7 Å². The van der Waals surface area contributed by atoms with Gasteiger partial charge in [0.25, 0.3) is 0 Å². The number of amides is 2. The number of benzene rings is 1. The largest absolute Gasteiger partial charge is 0.341 e. The van der Waals surface area contributed by atoms with Gasteiger partial charge in [0.2, 0.25) is 0 Å². The Morgan fingerprint density at radius 1 is 1.53 bits per heavy atom. The molecule has 1 aromatic carbocycles. The predicted molar refractivity (Wildman–Crippen MR) is 65.4 cm³/mol. The van der Waals surface area contributed by atoms with Gasteiger partial charge in [-0.2, -0.15) is 0 Å². The van der Waals surface area contributed by atoms with Crippen molar-refractivity contribution in [2.24, 2.45) is 0 Å². The third kappa shape index (κ3) is 2.27. The fourth-order valence-electron chi connectivity index (χ4n) is 1.11. The average Bonchev–Trinajstić information content (AvgIpc) is 2.59. The highest BCUT2D eigenvalue weighted by atomic mass is 79.9. The maximum Gasteiger partial charge on any atom is 0.320 e. The number of nitrogens with zero attached hydrogens (tertiary/aromatic N) is 1. The van der Waals surface area contributed by atoms with Crippen molar-refractivity contribution >= 4 is 48.6 Å². The summed E-state index contributed by atoms with van der Waals surface area (Å²) < 4.78 is 2.04. The number of hydrogen-bond donors (Lipinski definition) is 2. The zero-order chi connectivity index (χ0) is 10.8. The van der Waals surface area contributed by atoms with Crippen LogP contribution in [-0.2, 0) is 0 Å². The van der Waals surface area contributed by atoms with Crippen molar-refractivity contribution in [2.45, 2.75) is 0 Å². The Bertz CT molecular complexity index is 511. The Morgan fingerprint density at radius 2 is 2.33 bits per heavy atom. The first kappa shape index (κ1) is 10.4. The molecule has 0 bridgehead atoms. The van der Waals surface area contributed by atoms with E-state index >= 15 is 0 Å². The Labute approximate surface area is 98.8 Å². The number of halogens is 1. The number of hydrogen-bond acceptors (Lipinski definition) is 3. The molecule has 0 spiro atoms. The monoisotopic (exact) mass is 285 g/mol. The number of urea groups is 1. The molecule has 2 N–H and O–H groups in total. The summed E-state index contributed by atoms with van der Waals surface area (Å²) in [5, 5.41) is 5.72. The van der Waals surface area contributed by atoms with Crippen LogP contribution in [0.5, 0.6) is 0 Å². The van der Waals surface area contributed by atoms with Crippen LogP contribution in [-0.4, -0.2) is 18.1 Å². The molecule has 0 aliphatic heterocycles. The molecule has 0 radical (unpaired) electrons. The summed E-state index contributed by atoms with van der Waals surface area (Å²) in [6, 6.07) is 5.55. The molecule has 2 aromatic rings. The van der Waals surface area contributed by atoms with Gasteiger partial charge in [0.05, 0.1) is 10.2 Å². The highest BCUT2D eigenvalue weighted by molar-refractivity contribution is 9.10. The molecule has 78 valence electrons. The van der Waals surface area contributed by atoms with Crippen LogP contribution < -0.4 is 10.6 Å². The lowest BCUT2D eigenvalue weighted by Gasteiger charge is -1.97. The number of fused-ring (bicyclic) bond motifs is 1. The third-order valence-electron chi connectivity index (χ3n) is 1.80. The van der Waals surface area contributed by atoms with Crippen molar-refractivity contribution in [3.63, 3.8) is 0 Å². The number of nitrogens with one attached hydrogen (secondary N) is 2.